The quantitative estimate of drug-likeness (QED) is 0.780. The Morgan fingerprint density at radius 2 is 2.29 bits per heavy atom. The lowest BCUT2D eigenvalue weighted by Gasteiger charge is -2.26. The van der Waals surface area contributed by atoms with Crippen molar-refractivity contribution in [3.05, 3.63) is 54.1 Å². The molecule has 1 atom stereocenters. The maximum Gasteiger partial charge on any atom is 0.136 e. The number of rotatable bonds is 5. The van der Waals surface area contributed by atoms with Crippen molar-refractivity contribution in [2.75, 3.05) is 20.3 Å². The first-order valence-corrected chi connectivity index (χ1v) is 8.08. The van der Waals surface area contributed by atoms with Crippen LogP contribution in [0.15, 0.2) is 42.6 Å². The van der Waals surface area contributed by atoms with Crippen LogP contribution < -0.4 is 10.1 Å². The van der Waals surface area contributed by atoms with Gasteiger partial charge in [-0.3, -0.25) is 4.98 Å². The van der Waals surface area contributed by atoms with Crippen LogP contribution in [-0.2, 0) is 17.9 Å². The Bertz CT molecular complexity index is 832. The maximum atomic E-state index is 5.73. The lowest BCUT2D eigenvalue weighted by molar-refractivity contribution is 0.0563. The van der Waals surface area contributed by atoms with Gasteiger partial charge in [-0.15, -0.1) is 0 Å². The molecular formula is C18H20N4O2. The molecule has 124 valence electrons. The number of ether oxygens (including phenoxy) is 2. The number of hydrogen-bond donors (Lipinski definition) is 1. The second kappa shape index (κ2) is 6.59. The summed E-state index contributed by atoms with van der Waals surface area (Å²) >= 11 is 0. The predicted molar refractivity (Wildman–Crippen MR) is 90.9 cm³/mol. The van der Waals surface area contributed by atoms with Crippen LogP contribution in [0.5, 0.6) is 5.75 Å². The van der Waals surface area contributed by atoms with Gasteiger partial charge in [-0.05, 0) is 24.3 Å². The molecule has 1 aliphatic heterocycles. The molecular weight excluding hydrogens is 304 g/mol. The molecule has 3 heterocycles. The Hall–Kier alpha value is -2.44. The first kappa shape index (κ1) is 15.1. The normalized spacial score (nSPS) is 17.0. The molecule has 2 aromatic heterocycles. The van der Waals surface area contributed by atoms with Crippen LogP contribution in [-0.4, -0.2) is 34.8 Å². The molecule has 1 N–H and O–H groups in total. The van der Waals surface area contributed by atoms with E-state index in [-0.39, 0.29) is 6.04 Å². The number of pyridine rings is 1. The lowest BCUT2D eigenvalue weighted by Crippen LogP contribution is -2.32. The number of methoxy groups -OCH3 is 1. The molecule has 0 fully saturated rings. The molecule has 24 heavy (non-hydrogen) atoms. The van der Waals surface area contributed by atoms with E-state index in [1.165, 1.54) is 0 Å². The van der Waals surface area contributed by atoms with Gasteiger partial charge in [0.15, 0.2) is 0 Å². The molecule has 1 aliphatic rings. The third-order valence-corrected chi connectivity index (χ3v) is 4.29. The molecule has 6 nitrogen and oxygen atoms in total. The van der Waals surface area contributed by atoms with E-state index in [0.717, 1.165) is 41.4 Å². The molecule has 0 saturated carbocycles. The summed E-state index contributed by atoms with van der Waals surface area (Å²) in [5.74, 6) is 1.81. The summed E-state index contributed by atoms with van der Waals surface area (Å²) in [5.41, 5.74) is 3.11. The smallest absolute Gasteiger partial charge is 0.136 e. The van der Waals surface area contributed by atoms with E-state index in [9.17, 15) is 0 Å². The number of hydrogen-bond acceptors (Lipinski definition) is 5. The molecule has 1 aromatic carbocycles. The topological polar surface area (TPSA) is 61.2 Å². The van der Waals surface area contributed by atoms with Crippen molar-refractivity contribution in [3.8, 4) is 5.75 Å². The van der Waals surface area contributed by atoms with E-state index in [1.54, 1.807) is 7.11 Å². The molecule has 0 spiro atoms. The van der Waals surface area contributed by atoms with Crippen LogP contribution >= 0.6 is 0 Å². The molecule has 0 unspecified atom stereocenters. The van der Waals surface area contributed by atoms with Gasteiger partial charge in [-0.1, -0.05) is 6.07 Å². The number of imidazole rings is 1. The van der Waals surface area contributed by atoms with Crippen molar-refractivity contribution in [3.63, 3.8) is 0 Å². The zero-order chi connectivity index (χ0) is 16.4. The van der Waals surface area contributed by atoms with Crippen molar-refractivity contribution in [1.29, 1.82) is 0 Å². The third kappa shape index (κ3) is 2.86. The SMILES string of the molecule is COc1ccc2nc3n(c2c1)[C@@H](CNCc1ccccn1)COC3. The first-order valence-electron chi connectivity index (χ1n) is 8.08. The summed E-state index contributed by atoms with van der Waals surface area (Å²) in [5, 5.41) is 3.47. The average Bonchev–Trinajstić information content (AvgIpc) is 3.01. The van der Waals surface area contributed by atoms with Crippen molar-refractivity contribution in [2.24, 2.45) is 0 Å². The first-order chi connectivity index (χ1) is 11.8. The van der Waals surface area contributed by atoms with Gasteiger partial charge in [-0.25, -0.2) is 4.98 Å². The largest absolute Gasteiger partial charge is 0.497 e. The number of aromatic nitrogens is 3. The molecule has 0 amide bonds. The standard InChI is InChI=1S/C18H20N4O2/c1-23-15-5-6-16-17(8-15)22-14(11-24-12-18(22)21-16)10-19-9-13-4-2-3-7-20-13/h2-8,14,19H,9-12H2,1H3/t14-/m0/s1. The number of nitrogens with zero attached hydrogens (tertiary/aromatic N) is 3. The third-order valence-electron chi connectivity index (χ3n) is 4.29. The fraction of sp³-hybridized carbons (Fsp3) is 0.333. The van der Waals surface area contributed by atoms with E-state index < -0.39 is 0 Å². The van der Waals surface area contributed by atoms with Crippen molar-refractivity contribution in [1.82, 2.24) is 19.9 Å². The number of benzene rings is 1. The summed E-state index contributed by atoms with van der Waals surface area (Å²) in [6.07, 6.45) is 1.81. The molecule has 6 heteroatoms. The van der Waals surface area contributed by atoms with Crippen LogP contribution in [0.25, 0.3) is 11.0 Å². The van der Waals surface area contributed by atoms with Gasteiger partial charge in [0, 0.05) is 25.4 Å². The zero-order valence-electron chi connectivity index (χ0n) is 13.6. The van der Waals surface area contributed by atoms with Gasteiger partial charge in [0.1, 0.15) is 18.2 Å². The predicted octanol–water partition coefficient (Wildman–Crippen LogP) is 2.30. The van der Waals surface area contributed by atoms with E-state index >= 15 is 0 Å². The van der Waals surface area contributed by atoms with Crippen molar-refractivity contribution < 1.29 is 9.47 Å². The number of nitrogens with one attached hydrogen (secondary N) is 1. The summed E-state index contributed by atoms with van der Waals surface area (Å²) in [7, 11) is 1.68. The van der Waals surface area contributed by atoms with Gasteiger partial charge in [0.05, 0.1) is 36.5 Å². The Morgan fingerprint density at radius 1 is 1.33 bits per heavy atom. The molecule has 4 rings (SSSR count). The van der Waals surface area contributed by atoms with E-state index in [2.05, 4.69) is 19.9 Å². The number of fused-ring (bicyclic) bond motifs is 3. The molecule has 0 bridgehead atoms. The summed E-state index contributed by atoms with van der Waals surface area (Å²) in [6.45, 7) is 2.76. The molecule has 0 saturated heterocycles. The van der Waals surface area contributed by atoms with Crippen molar-refractivity contribution in [2.45, 2.75) is 19.2 Å². The fourth-order valence-corrected chi connectivity index (χ4v) is 3.14. The van der Waals surface area contributed by atoms with E-state index in [4.69, 9.17) is 9.47 Å². The highest BCUT2D eigenvalue weighted by molar-refractivity contribution is 5.78. The van der Waals surface area contributed by atoms with E-state index in [0.29, 0.717) is 13.2 Å². The summed E-state index contributed by atoms with van der Waals surface area (Å²) < 4.78 is 13.4. The van der Waals surface area contributed by atoms with Gasteiger partial charge >= 0.3 is 0 Å². The highest BCUT2D eigenvalue weighted by atomic mass is 16.5. The van der Waals surface area contributed by atoms with E-state index in [1.807, 2.05) is 42.6 Å². The maximum absolute atomic E-state index is 5.73. The Labute approximate surface area is 140 Å². The molecule has 0 aliphatic carbocycles. The monoisotopic (exact) mass is 324 g/mol. The van der Waals surface area contributed by atoms with Gasteiger partial charge in [0.2, 0.25) is 0 Å². The second-order valence-corrected chi connectivity index (χ2v) is 5.87. The Balaban J connectivity index is 1.56. The molecule has 0 radical (unpaired) electrons. The van der Waals surface area contributed by atoms with Gasteiger partial charge < -0.3 is 19.4 Å². The minimum atomic E-state index is 0.203. The minimum absolute atomic E-state index is 0.203. The minimum Gasteiger partial charge on any atom is -0.497 e. The van der Waals surface area contributed by atoms with Gasteiger partial charge in [0.25, 0.3) is 0 Å². The van der Waals surface area contributed by atoms with Crippen LogP contribution in [0.2, 0.25) is 0 Å². The summed E-state index contributed by atoms with van der Waals surface area (Å²) in [4.78, 5) is 9.03. The fourth-order valence-electron chi connectivity index (χ4n) is 3.14. The zero-order valence-corrected chi connectivity index (χ0v) is 13.6. The van der Waals surface area contributed by atoms with Crippen LogP contribution in [0.1, 0.15) is 17.6 Å². The van der Waals surface area contributed by atoms with Crippen molar-refractivity contribution >= 4 is 11.0 Å². The highest BCUT2D eigenvalue weighted by Gasteiger charge is 2.24. The molecule has 3 aromatic rings. The van der Waals surface area contributed by atoms with Crippen LogP contribution in [0, 0.1) is 0 Å². The highest BCUT2D eigenvalue weighted by Crippen LogP contribution is 2.28. The van der Waals surface area contributed by atoms with Crippen LogP contribution in [0.4, 0.5) is 0 Å². The Morgan fingerprint density at radius 3 is 3.12 bits per heavy atom. The van der Waals surface area contributed by atoms with Crippen LogP contribution in [0.3, 0.4) is 0 Å². The lowest BCUT2D eigenvalue weighted by atomic mass is 10.2. The van der Waals surface area contributed by atoms with Gasteiger partial charge in [-0.2, -0.15) is 0 Å². The Kier molecular flexibility index (Phi) is 4.15. The average molecular weight is 324 g/mol. The summed E-state index contributed by atoms with van der Waals surface area (Å²) in [6, 6.07) is 12.1. The second-order valence-electron chi connectivity index (χ2n) is 5.87.